The van der Waals surface area contributed by atoms with E-state index in [0.717, 1.165) is 0 Å². The Morgan fingerprint density at radius 2 is 1.76 bits per heavy atom. The van der Waals surface area contributed by atoms with Crippen molar-refractivity contribution in [3.05, 3.63) is 35.4 Å². The van der Waals surface area contributed by atoms with Gasteiger partial charge in [0.1, 0.15) is 0 Å². The second-order valence-corrected chi connectivity index (χ2v) is 6.50. The van der Waals surface area contributed by atoms with E-state index in [1.54, 1.807) is 0 Å². The fourth-order valence-corrected chi connectivity index (χ4v) is 3.35. The molecule has 1 aromatic rings. The maximum absolute atomic E-state index is 3.82. The van der Waals surface area contributed by atoms with Crippen molar-refractivity contribution < 1.29 is 0 Å². The second-order valence-electron chi connectivity index (χ2n) is 6.50. The molecular formula is C19H32N2. The Bertz CT molecular complexity index is 391. The zero-order valence-electron chi connectivity index (χ0n) is 14.1. The van der Waals surface area contributed by atoms with Gasteiger partial charge >= 0.3 is 0 Å². The Morgan fingerprint density at radius 1 is 1.10 bits per heavy atom. The molecule has 2 nitrogen and oxygen atoms in total. The number of rotatable bonds is 7. The lowest BCUT2D eigenvalue weighted by atomic mass is 10.00. The third-order valence-corrected chi connectivity index (χ3v) is 4.63. The van der Waals surface area contributed by atoms with Gasteiger partial charge in [0.15, 0.2) is 0 Å². The summed E-state index contributed by atoms with van der Waals surface area (Å²) in [5, 5.41) is 3.82. The minimum absolute atomic E-state index is 0.461. The van der Waals surface area contributed by atoms with Crippen LogP contribution < -0.4 is 5.32 Å². The number of nitrogens with one attached hydrogen (secondary N) is 1. The summed E-state index contributed by atoms with van der Waals surface area (Å²) in [5.41, 5.74) is 2.88. The van der Waals surface area contributed by atoms with Crippen LogP contribution in [0, 0.1) is 0 Å². The fourth-order valence-electron chi connectivity index (χ4n) is 3.35. The zero-order chi connectivity index (χ0) is 15.1. The van der Waals surface area contributed by atoms with Crippen molar-refractivity contribution in [2.24, 2.45) is 0 Å². The Hall–Kier alpha value is -0.860. The first-order valence-corrected chi connectivity index (χ1v) is 8.80. The van der Waals surface area contributed by atoms with Crippen LogP contribution in [0.15, 0.2) is 24.3 Å². The number of nitrogens with zero attached hydrogens (tertiary/aromatic N) is 1. The molecule has 1 atom stereocenters. The molecule has 0 radical (unpaired) electrons. The molecule has 0 aromatic heterocycles. The summed E-state index contributed by atoms with van der Waals surface area (Å²) < 4.78 is 0. The molecule has 1 fully saturated rings. The van der Waals surface area contributed by atoms with E-state index in [4.69, 9.17) is 0 Å². The topological polar surface area (TPSA) is 15.3 Å². The molecule has 0 saturated carbocycles. The first-order valence-electron chi connectivity index (χ1n) is 8.80. The molecule has 118 valence electrons. The molecule has 1 aromatic carbocycles. The molecule has 1 saturated heterocycles. The van der Waals surface area contributed by atoms with Crippen LogP contribution in [0.4, 0.5) is 0 Å². The van der Waals surface area contributed by atoms with Gasteiger partial charge in [0.25, 0.3) is 0 Å². The van der Waals surface area contributed by atoms with Crippen LogP contribution in [0.25, 0.3) is 0 Å². The van der Waals surface area contributed by atoms with E-state index < -0.39 is 0 Å². The Kier molecular flexibility index (Phi) is 6.72. The molecule has 1 aliphatic heterocycles. The van der Waals surface area contributed by atoms with E-state index in [-0.39, 0.29) is 0 Å². The van der Waals surface area contributed by atoms with Crippen LogP contribution in [0.2, 0.25) is 0 Å². The average molecular weight is 288 g/mol. The van der Waals surface area contributed by atoms with E-state index in [0.29, 0.717) is 12.1 Å². The molecule has 2 rings (SSSR count). The first-order chi connectivity index (χ1) is 10.2. The summed E-state index contributed by atoms with van der Waals surface area (Å²) in [5.74, 6) is 0. The summed E-state index contributed by atoms with van der Waals surface area (Å²) in [7, 11) is 0. The van der Waals surface area contributed by atoms with Gasteiger partial charge < -0.3 is 10.2 Å². The molecule has 2 heteroatoms. The number of aryl methyl sites for hydroxylation is 1. The van der Waals surface area contributed by atoms with Crippen molar-refractivity contribution in [3.63, 3.8) is 0 Å². The number of hydrogen-bond donors (Lipinski definition) is 1. The highest BCUT2D eigenvalue weighted by molar-refractivity contribution is 5.24. The van der Waals surface area contributed by atoms with Crippen LogP contribution in [0.5, 0.6) is 0 Å². The second kappa shape index (κ2) is 8.55. The van der Waals surface area contributed by atoms with Gasteiger partial charge in [0.2, 0.25) is 0 Å². The minimum Gasteiger partial charge on any atom is -0.307 e. The van der Waals surface area contributed by atoms with E-state index >= 15 is 0 Å². The molecule has 21 heavy (non-hydrogen) atoms. The van der Waals surface area contributed by atoms with Crippen LogP contribution in [-0.2, 0) is 6.42 Å². The molecule has 1 N–H and O–H groups in total. The van der Waals surface area contributed by atoms with Gasteiger partial charge in [-0.3, -0.25) is 0 Å². The fraction of sp³-hybridized carbons (Fsp3) is 0.684. The van der Waals surface area contributed by atoms with Gasteiger partial charge in [-0.05, 0) is 63.4 Å². The number of likely N-dealkylation sites (tertiary alicyclic amines) is 1. The normalized spacial score (nSPS) is 18.8. The van der Waals surface area contributed by atoms with Gasteiger partial charge in [-0.25, -0.2) is 0 Å². The first kappa shape index (κ1) is 16.5. The number of benzene rings is 1. The Morgan fingerprint density at radius 3 is 2.33 bits per heavy atom. The van der Waals surface area contributed by atoms with Crippen LogP contribution in [0.1, 0.15) is 63.6 Å². The molecular weight excluding hydrogens is 256 g/mol. The molecule has 0 spiro atoms. The van der Waals surface area contributed by atoms with E-state index in [9.17, 15) is 0 Å². The van der Waals surface area contributed by atoms with Gasteiger partial charge in [0, 0.05) is 12.1 Å². The highest BCUT2D eigenvalue weighted by atomic mass is 15.1. The SMILES string of the molecule is CCCc1ccc(C(C)NC2CCN(CCC)CC2)cc1. The third-order valence-electron chi connectivity index (χ3n) is 4.63. The van der Waals surface area contributed by atoms with E-state index in [2.05, 4.69) is 55.3 Å². The minimum atomic E-state index is 0.461. The number of hydrogen-bond acceptors (Lipinski definition) is 2. The quantitative estimate of drug-likeness (QED) is 0.810. The smallest absolute Gasteiger partial charge is 0.0294 e. The van der Waals surface area contributed by atoms with Gasteiger partial charge in [0.05, 0.1) is 0 Å². The van der Waals surface area contributed by atoms with Crippen LogP contribution in [0.3, 0.4) is 0 Å². The summed E-state index contributed by atoms with van der Waals surface area (Å²) in [4.78, 5) is 2.60. The van der Waals surface area contributed by atoms with E-state index in [1.807, 2.05) is 0 Å². The van der Waals surface area contributed by atoms with Crippen LogP contribution in [-0.4, -0.2) is 30.6 Å². The van der Waals surface area contributed by atoms with Gasteiger partial charge in [-0.2, -0.15) is 0 Å². The molecule has 0 bridgehead atoms. The molecule has 0 amide bonds. The average Bonchev–Trinajstić information content (AvgIpc) is 2.50. The summed E-state index contributed by atoms with van der Waals surface area (Å²) in [6.07, 6.45) is 6.27. The van der Waals surface area contributed by atoms with Crippen LogP contribution >= 0.6 is 0 Å². The summed E-state index contributed by atoms with van der Waals surface area (Å²) in [6.45, 7) is 10.6. The van der Waals surface area contributed by atoms with Crippen molar-refractivity contribution in [1.82, 2.24) is 10.2 Å². The Labute approximate surface area is 130 Å². The summed E-state index contributed by atoms with van der Waals surface area (Å²) >= 11 is 0. The van der Waals surface area contributed by atoms with Crippen molar-refractivity contribution >= 4 is 0 Å². The summed E-state index contributed by atoms with van der Waals surface area (Å²) in [6, 6.07) is 10.3. The highest BCUT2D eigenvalue weighted by Crippen LogP contribution is 2.18. The van der Waals surface area contributed by atoms with Gasteiger partial charge in [-0.15, -0.1) is 0 Å². The highest BCUT2D eigenvalue weighted by Gasteiger charge is 2.20. The maximum Gasteiger partial charge on any atom is 0.0294 e. The largest absolute Gasteiger partial charge is 0.307 e. The van der Waals surface area contributed by atoms with Crippen molar-refractivity contribution in [1.29, 1.82) is 0 Å². The predicted molar refractivity (Wildman–Crippen MR) is 91.7 cm³/mol. The monoisotopic (exact) mass is 288 g/mol. The lowest BCUT2D eigenvalue weighted by molar-refractivity contribution is 0.192. The molecule has 1 unspecified atom stereocenters. The van der Waals surface area contributed by atoms with Gasteiger partial charge in [-0.1, -0.05) is 44.5 Å². The molecule has 0 aliphatic carbocycles. The van der Waals surface area contributed by atoms with Crippen molar-refractivity contribution in [2.45, 2.75) is 65.0 Å². The van der Waals surface area contributed by atoms with Crippen molar-refractivity contribution in [2.75, 3.05) is 19.6 Å². The predicted octanol–water partition coefficient (Wildman–Crippen LogP) is 4.16. The van der Waals surface area contributed by atoms with Crippen molar-refractivity contribution in [3.8, 4) is 0 Å². The maximum atomic E-state index is 3.82. The lowest BCUT2D eigenvalue weighted by Gasteiger charge is -2.33. The lowest BCUT2D eigenvalue weighted by Crippen LogP contribution is -2.43. The standard InChI is InChI=1S/C19H32N2/c1-4-6-17-7-9-18(10-8-17)16(3)20-19-11-14-21(13-5-2)15-12-19/h7-10,16,19-20H,4-6,11-15H2,1-3H3. The molecule has 1 heterocycles. The Balaban J connectivity index is 1.80. The molecule has 1 aliphatic rings. The number of piperidine rings is 1. The third kappa shape index (κ3) is 5.12. The zero-order valence-corrected chi connectivity index (χ0v) is 14.1. The van der Waals surface area contributed by atoms with E-state index in [1.165, 1.54) is 62.9 Å².